The normalized spacial score (nSPS) is 10.9. The van der Waals surface area contributed by atoms with Crippen LogP contribution in [0.5, 0.6) is 0 Å². The van der Waals surface area contributed by atoms with Crippen LogP contribution in [0.15, 0.2) is 54.6 Å². The summed E-state index contributed by atoms with van der Waals surface area (Å²) >= 11 is 0. The van der Waals surface area contributed by atoms with Crippen LogP contribution < -0.4 is 5.32 Å². The molecule has 22 heavy (non-hydrogen) atoms. The molecule has 1 nitrogen and oxygen atoms in total. The molecule has 114 valence electrons. The minimum atomic E-state index is -1.29. The van der Waals surface area contributed by atoms with Gasteiger partial charge in [-0.05, 0) is 36.2 Å². The maximum Gasteiger partial charge on any atom is 0.129 e. The molecule has 2 heteroatoms. The molecular formula is C20H25NSi. The van der Waals surface area contributed by atoms with Crippen LogP contribution in [0.25, 0.3) is 0 Å². The molecule has 0 radical (unpaired) electrons. The minimum absolute atomic E-state index is 0.911. The Bertz CT molecular complexity index is 627. The van der Waals surface area contributed by atoms with Gasteiger partial charge in [0.2, 0.25) is 0 Å². The van der Waals surface area contributed by atoms with Crippen LogP contribution in [0.2, 0.25) is 19.6 Å². The van der Waals surface area contributed by atoms with Crippen molar-refractivity contribution >= 4 is 8.07 Å². The van der Waals surface area contributed by atoms with E-state index in [4.69, 9.17) is 0 Å². The molecule has 2 aromatic rings. The van der Waals surface area contributed by atoms with Gasteiger partial charge in [0.1, 0.15) is 8.07 Å². The molecule has 0 unspecified atom stereocenters. The standard InChI is InChI=1S/C20H25NSi/c1-22(2,3)16-14-19-9-11-20(12-10-19)17-21-15-13-18-7-5-4-6-8-18/h4-12,21H,13,15,17H2,1-3H3. The Hall–Kier alpha value is -1.82. The van der Waals surface area contributed by atoms with Crippen molar-refractivity contribution in [1.82, 2.24) is 5.32 Å². The van der Waals surface area contributed by atoms with E-state index in [1.54, 1.807) is 0 Å². The first-order chi connectivity index (χ1) is 10.5. The zero-order chi connectivity index (χ0) is 15.8. The third-order valence-electron chi connectivity index (χ3n) is 3.30. The fourth-order valence-corrected chi connectivity index (χ4v) is 2.60. The predicted molar refractivity (Wildman–Crippen MR) is 98.5 cm³/mol. The van der Waals surface area contributed by atoms with Crippen molar-refractivity contribution < 1.29 is 0 Å². The molecule has 0 aromatic heterocycles. The zero-order valence-corrected chi connectivity index (χ0v) is 14.8. The van der Waals surface area contributed by atoms with Crippen molar-refractivity contribution in [3.05, 3.63) is 71.3 Å². The summed E-state index contributed by atoms with van der Waals surface area (Å²) < 4.78 is 0. The molecule has 0 bridgehead atoms. The molecule has 0 heterocycles. The molecule has 1 N–H and O–H groups in total. The van der Waals surface area contributed by atoms with Crippen LogP contribution in [-0.2, 0) is 13.0 Å². The summed E-state index contributed by atoms with van der Waals surface area (Å²) in [5.41, 5.74) is 7.22. The largest absolute Gasteiger partial charge is 0.312 e. The first-order valence-electron chi connectivity index (χ1n) is 7.90. The highest BCUT2D eigenvalue weighted by Gasteiger charge is 2.07. The van der Waals surface area contributed by atoms with Gasteiger partial charge in [-0.25, -0.2) is 0 Å². The zero-order valence-electron chi connectivity index (χ0n) is 13.8. The first-order valence-corrected chi connectivity index (χ1v) is 11.4. The Morgan fingerprint density at radius 2 is 1.55 bits per heavy atom. The van der Waals surface area contributed by atoms with Crippen molar-refractivity contribution in [2.45, 2.75) is 32.6 Å². The third kappa shape index (κ3) is 6.30. The van der Waals surface area contributed by atoms with Crippen molar-refractivity contribution in [2.75, 3.05) is 6.54 Å². The lowest BCUT2D eigenvalue weighted by Crippen LogP contribution is -2.16. The highest BCUT2D eigenvalue weighted by Crippen LogP contribution is 2.05. The van der Waals surface area contributed by atoms with Gasteiger partial charge < -0.3 is 5.32 Å². The van der Waals surface area contributed by atoms with Crippen molar-refractivity contribution in [3.63, 3.8) is 0 Å². The summed E-state index contributed by atoms with van der Waals surface area (Å²) in [4.78, 5) is 0. The van der Waals surface area contributed by atoms with Crippen LogP contribution in [0.4, 0.5) is 0 Å². The van der Waals surface area contributed by atoms with Crippen LogP contribution in [-0.4, -0.2) is 14.6 Å². The van der Waals surface area contributed by atoms with Crippen LogP contribution >= 0.6 is 0 Å². The van der Waals surface area contributed by atoms with Gasteiger partial charge in [0.05, 0.1) is 0 Å². The average Bonchev–Trinajstić information content (AvgIpc) is 2.51. The van der Waals surface area contributed by atoms with E-state index in [1.807, 2.05) is 0 Å². The maximum absolute atomic E-state index is 3.50. The van der Waals surface area contributed by atoms with Gasteiger partial charge in [-0.2, -0.15) is 0 Å². The van der Waals surface area contributed by atoms with E-state index in [-0.39, 0.29) is 0 Å². The second kappa shape index (κ2) is 7.98. The van der Waals surface area contributed by atoms with E-state index in [0.717, 1.165) is 25.1 Å². The molecule has 0 saturated heterocycles. The molecule has 0 atom stereocenters. The Labute approximate surface area is 135 Å². The van der Waals surface area contributed by atoms with Gasteiger partial charge in [0.15, 0.2) is 0 Å². The monoisotopic (exact) mass is 307 g/mol. The summed E-state index contributed by atoms with van der Waals surface area (Å²) in [6.45, 7) is 8.72. The summed E-state index contributed by atoms with van der Waals surface area (Å²) in [6, 6.07) is 19.2. The molecular weight excluding hydrogens is 282 g/mol. The smallest absolute Gasteiger partial charge is 0.129 e. The lowest BCUT2D eigenvalue weighted by Gasteiger charge is -2.06. The van der Waals surface area contributed by atoms with Crippen LogP contribution in [0, 0.1) is 11.5 Å². The van der Waals surface area contributed by atoms with Crippen molar-refractivity contribution in [3.8, 4) is 11.5 Å². The second-order valence-corrected chi connectivity index (χ2v) is 11.4. The molecule has 2 aromatic carbocycles. The minimum Gasteiger partial charge on any atom is -0.312 e. The molecule has 0 saturated carbocycles. The average molecular weight is 308 g/mol. The maximum atomic E-state index is 3.50. The van der Waals surface area contributed by atoms with E-state index < -0.39 is 8.07 Å². The van der Waals surface area contributed by atoms with Crippen LogP contribution in [0.3, 0.4) is 0 Å². The molecule has 0 spiro atoms. The molecule has 0 aliphatic carbocycles. The number of hydrogen-bond donors (Lipinski definition) is 1. The number of hydrogen-bond acceptors (Lipinski definition) is 1. The van der Waals surface area contributed by atoms with E-state index in [2.05, 4.69) is 91.0 Å². The fraction of sp³-hybridized carbons (Fsp3) is 0.300. The summed E-state index contributed by atoms with van der Waals surface area (Å²) in [5.74, 6) is 3.29. The molecule has 0 amide bonds. The lowest BCUT2D eigenvalue weighted by atomic mass is 10.1. The lowest BCUT2D eigenvalue weighted by molar-refractivity contribution is 0.687. The third-order valence-corrected chi connectivity index (χ3v) is 4.17. The highest BCUT2D eigenvalue weighted by atomic mass is 28.3. The van der Waals surface area contributed by atoms with E-state index in [9.17, 15) is 0 Å². The van der Waals surface area contributed by atoms with Gasteiger partial charge >= 0.3 is 0 Å². The summed E-state index contributed by atoms with van der Waals surface area (Å²) in [5, 5.41) is 3.50. The number of nitrogens with one attached hydrogen (secondary N) is 1. The first kappa shape index (κ1) is 16.5. The SMILES string of the molecule is C[Si](C)(C)C#Cc1ccc(CNCCc2ccccc2)cc1. The molecule has 0 aliphatic heterocycles. The van der Waals surface area contributed by atoms with E-state index in [0.29, 0.717) is 0 Å². The van der Waals surface area contributed by atoms with E-state index in [1.165, 1.54) is 11.1 Å². The quantitative estimate of drug-likeness (QED) is 0.495. The van der Waals surface area contributed by atoms with Crippen LogP contribution in [0.1, 0.15) is 16.7 Å². The highest BCUT2D eigenvalue weighted by molar-refractivity contribution is 6.83. The van der Waals surface area contributed by atoms with Gasteiger partial charge in [-0.3, -0.25) is 0 Å². The predicted octanol–water partition coefficient (Wildman–Crippen LogP) is 4.25. The van der Waals surface area contributed by atoms with Gasteiger partial charge in [-0.1, -0.05) is 68.0 Å². The topological polar surface area (TPSA) is 12.0 Å². The summed E-state index contributed by atoms with van der Waals surface area (Å²) in [7, 11) is -1.29. The Morgan fingerprint density at radius 1 is 0.864 bits per heavy atom. The van der Waals surface area contributed by atoms with Gasteiger partial charge in [0, 0.05) is 12.1 Å². The Morgan fingerprint density at radius 3 is 2.18 bits per heavy atom. The summed E-state index contributed by atoms with van der Waals surface area (Å²) in [6.07, 6.45) is 1.07. The van der Waals surface area contributed by atoms with Crippen molar-refractivity contribution in [2.24, 2.45) is 0 Å². The van der Waals surface area contributed by atoms with E-state index >= 15 is 0 Å². The molecule has 2 rings (SSSR count). The second-order valence-electron chi connectivity index (χ2n) is 6.61. The number of benzene rings is 2. The molecule has 0 fully saturated rings. The van der Waals surface area contributed by atoms with Gasteiger partial charge in [-0.15, -0.1) is 5.54 Å². The fourth-order valence-electron chi connectivity index (χ4n) is 2.08. The number of rotatable bonds is 5. The Kier molecular flexibility index (Phi) is 6.00. The Balaban J connectivity index is 1.78. The van der Waals surface area contributed by atoms with Gasteiger partial charge in [0.25, 0.3) is 0 Å². The molecule has 0 aliphatic rings. The van der Waals surface area contributed by atoms with Crippen molar-refractivity contribution in [1.29, 1.82) is 0 Å².